The zero-order valence-electron chi connectivity index (χ0n) is 18.6. The molecule has 0 bridgehead atoms. The number of amides is 2. The van der Waals surface area contributed by atoms with Gasteiger partial charge >= 0.3 is 6.09 Å². The van der Waals surface area contributed by atoms with Crippen LogP contribution in [0.15, 0.2) is 48.9 Å². The quantitative estimate of drug-likeness (QED) is 0.622. The highest BCUT2D eigenvalue weighted by atomic mass is 19.1. The van der Waals surface area contributed by atoms with Gasteiger partial charge in [0.25, 0.3) is 0 Å². The van der Waals surface area contributed by atoms with Gasteiger partial charge in [-0.15, -0.1) is 0 Å². The molecule has 2 aliphatic heterocycles. The Morgan fingerprint density at radius 2 is 2.09 bits per heavy atom. The molecule has 0 radical (unpaired) electrons. The third-order valence-corrected chi connectivity index (χ3v) is 5.91. The lowest BCUT2D eigenvalue weighted by Crippen LogP contribution is -2.33. The Morgan fingerprint density at radius 3 is 2.85 bits per heavy atom. The van der Waals surface area contributed by atoms with Crippen LogP contribution < -0.4 is 15.1 Å². The van der Waals surface area contributed by atoms with E-state index >= 15 is 4.39 Å². The molecule has 174 valence electrons. The minimum absolute atomic E-state index is 0.202. The van der Waals surface area contributed by atoms with Crippen molar-refractivity contribution >= 4 is 23.4 Å². The van der Waals surface area contributed by atoms with Crippen molar-refractivity contribution in [1.29, 1.82) is 0 Å². The molecule has 3 aromatic rings. The molecule has 2 aromatic heterocycles. The minimum atomic E-state index is -0.559. The summed E-state index contributed by atoms with van der Waals surface area (Å²) < 4.78 is 20.4. The molecule has 0 unspecified atom stereocenters. The van der Waals surface area contributed by atoms with Gasteiger partial charge in [-0.1, -0.05) is 0 Å². The molecule has 9 nitrogen and oxygen atoms in total. The first-order valence-electron chi connectivity index (χ1n) is 11.0. The highest BCUT2D eigenvalue weighted by Gasteiger charge is 2.33. The topological polar surface area (TPSA) is 101 Å². The maximum Gasteiger partial charge on any atom is 0.414 e. The van der Waals surface area contributed by atoms with Gasteiger partial charge in [0.05, 0.1) is 30.2 Å². The fraction of sp³-hybridized carbons (Fsp3) is 0.292. The van der Waals surface area contributed by atoms with Crippen LogP contribution in [0, 0.1) is 5.82 Å². The van der Waals surface area contributed by atoms with Gasteiger partial charge in [-0.25, -0.2) is 19.2 Å². The fourth-order valence-corrected chi connectivity index (χ4v) is 4.18. The van der Waals surface area contributed by atoms with Crippen LogP contribution in [-0.2, 0) is 22.5 Å². The van der Waals surface area contributed by atoms with Crippen LogP contribution in [-0.4, -0.2) is 52.7 Å². The van der Waals surface area contributed by atoms with Crippen molar-refractivity contribution < 1.29 is 18.7 Å². The molecule has 1 aromatic carbocycles. The van der Waals surface area contributed by atoms with Crippen LogP contribution in [0.2, 0.25) is 0 Å². The van der Waals surface area contributed by atoms with Crippen molar-refractivity contribution in [2.45, 2.75) is 26.0 Å². The van der Waals surface area contributed by atoms with Gasteiger partial charge in [-0.3, -0.25) is 14.7 Å². The van der Waals surface area contributed by atoms with Crippen molar-refractivity contribution in [3.05, 3.63) is 66.0 Å². The van der Waals surface area contributed by atoms with E-state index in [1.165, 1.54) is 17.9 Å². The molecule has 0 saturated carbocycles. The zero-order chi connectivity index (χ0) is 23.7. The van der Waals surface area contributed by atoms with Gasteiger partial charge in [-0.05, 0) is 30.3 Å². The maximum absolute atomic E-state index is 15.1. The molecule has 2 aliphatic rings. The molecule has 34 heavy (non-hydrogen) atoms. The Morgan fingerprint density at radius 1 is 1.26 bits per heavy atom. The van der Waals surface area contributed by atoms with Gasteiger partial charge in [0.15, 0.2) is 5.82 Å². The second kappa shape index (κ2) is 9.05. The van der Waals surface area contributed by atoms with E-state index in [2.05, 4.69) is 15.3 Å². The number of fused-ring (bicyclic) bond motifs is 1. The molecular formula is C24H23FN6O3. The predicted octanol–water partition coefficient (Wildman–Crippen LogP) is 2.70. The number of hydrogen-bond acceptors (Lipinski definition) is 7. The molecule has 10 heteroatoms. The second-order valence-electron chi connectivity index (χ2n) is 8.26. The van der Waals surface area contributed by atoms with Crippen molar-refractivity contribution in [2.24, 2.45) is 0 Å². The van der Waals surface area contributed by atoms with Crippen molar-refractivity contribution in [3.63, 3.8) is 0 Å². The molecule has 5 rings (SSSR count). The third kappa shape index (κ3) is 4.39. The van der Waals surface area contributed by atoms with Crippen LogP contribution in [0.3, 0.4) is 0 Å². The summed E-state index contributed by atoms with van der Waals surface area (Å²) in [5.41, 5.74) is 3.69. The number of carbonyl (C=O) groups excluding carboxylic acids is 2. The number of rotatable bonds is 5. The summed E-state index contributed by atoms with van der Waals surface area (Å²) >= 11 is 0. The SMILES string of the molecule is CC(=O)NC[C@H]1CN(c2ccc(N3CCc4nc(-c5ccncc5)ncc4C3)c(F)c2)C(=O)O1. The molecule has 1 fully saturated rings. The fourth-order valence-electron chi connectivity index (χ4n) is 4.18. The number of halogens is 1. The van der Waals surface area contributed by atoms with Crippen molar-refractivity contribution in [2.75, 3.05) is 29.4 Å². The standard InChI is InChI=1S/C24H23FN6O3/c1-15(32)27-12-19-14-31(24(33)34-19)18-2-3-22(20(25)10-18)30-9-6-21-17(13-30)11-28-23(29-21)16-4-7-26-8-5-16/h2-5,7-8,10-11,19H,6,9,12-14H2,1H3,(H,27,32)/t19-/m0/s1. The monoisotopic (exact) mass is 462 g/mol. The minimum Gasteiger partial charge on any atom is -0.442 e. The molecule has 1 N–H and O–H groups in total. The van der Waals surface area contributed by atoms with Crippen molar-refractivity contribution in [3.8, 4) is 11.4 Å². The molecule has 1 saturated heterocycles. The van der Waals surface area contributed by atoms with E-state index in [9.17, 15) is 9.59 Å². The Balaban J connectivity index is 1.29. The molecule has 0 spiro atoms. The molecule has 0 aliphatic carbocycles. The molecule has 2 amide bonds. The number of nitrogens with one attached hydrogen (secondary N) is 1. The normalized spacial score (nSPS) is 17.4. The largest absolute Gasteiger partial charge is 0.442 e. The van der Waals surface area contributed by atoms with Gasteiger partial charge in [0, 0.05) is 56.2 Å². The summed E-state index contributed by atoms with van der Waals surface area (Å²) in [4.78, 5) is 39.8. The number of aromatic nitrogens is 3. The first-order valence-corrected chi connectivity index (χ1v) is 11.0. The predicted molar refractivity (Wildman–Crippen MR) is 123 cm³/mol. The lowest BCUT2D eigenvalue weighted by Gasteiger charge is -2.30. The number of carbonyl (C=O) groups is 2. The van der Waals surface area contributed by atoms with Crippen LogP contribution in [0.1, 0.15) is 18.2 Å². The lowest BCUT2D eigenvalue weighted by molar-refractivity contribution is -0.119. The summed E-state index contributed by atoms with van der Waals surface area (Å²) in [6, 6.07) is 8.46. The van der Waals surface area contributed by atoms with Crippen LogP contribution in [0.5, 0.6) is 0 Å². The number of nitrogens with zero attached hydrogens (tertiary/aromatic N) is 5. The summed E-state index contributed by atoms with van der Waals surface area (Å²) in [5.74, 6) is 0.0276. The van der Waals surface area contributed by atoms with Gasteiger partial charge in [-0.2, -0.15) is 0 Å². The maximum atomic E-state index is 15.1. The summed E-state index contributed by atoms with van der Waals surface area (Å²) in [6.07, 6.45) is 4.84. The second-order valence-corrected chi connectivity index (χ2v) is 8.26. The van der Waals surface area contributed by atoms with E-state index in [1.54, 1.807) is 30.7 Å². The third-order valence-electron chi connectivity index (χ3n) is 5.91. The van der Waals surface area contributed by atoms with E-state index in [1.807, 2.05) is 17.0 Å². The molecule has 1 atom stereocenters. The van der Waals surface area contributed by atoms with E-state index in [0.29, 0.717) is 36.7 Å². The molecular weight excluding hydrogens is 439 g/mol. The van der Waals surface area contributed by atoms with E-state index in [4.69, 9.17) is 9.72 Å². The number of hydrogen-bond donors (Lipinski definition) is 1. The average molecular weight is 462 g/mol. The number of pyridine rings is 1. The molecule has 4 heterocycles. The number of benzene rings is 1. The van der Waals surface area contributed by atoms with Crippen LogP contribution >= 0.6 is 0 Å². The Hall–Kier alpha value is -4.08. The van der Waals surface area contributed by atoms with E-state index in [0.717, 1.165) is 16.8 Å². The van der Waals surface area contributed by atoms with E-state index in [-0.39, 0.29) is 19.0 Å². The average Bonchev–Trinajstić information content (AvgIpc) is 3.23. The zero-order valence-corrected chi connectivity index (χ0v) is 18.6. The Kier molecular flexibility index (Phi) is 5.79. The smallest absolute Gasteiger partial charge is 0.414 e. The summed E-state index contributed by atoms with van der Waals surface area (Å²) in [7, 11) is 0. The number of cyclic esters (lactones) is 1. The van der Waals surface area contributed by atoms with E-state index < -0.39 is 18.0 Å². The highest BCUT2D eigenvalue weighted by Crippen LogP contribution is 2.31. The van der Waals surface area contributed by atoms with Crippen molar-refractivity contribution in [1.82, 2.24) is 20.3 Å². The Bertz CT molecular complexity index is 1240. The lowest BCUT2D eigenvalue weighted by atomic mass is 10.1. The Labute approximate surface area is 195 Å². The van der Waals surface area contributed by atoms with Crippen LogP contribution in [0.25, 0.3) is 11.4 Å². The van der Waals surface area contributed by atoms with Gasteiger partial charge in [0.2, 0.25) is 5.91 Å². The summed E-state index contributed by atoms with van der Waals surface area (Å²) in [6.45, 7) is 2.96. The van der Waals surface area contributed by atoms with Gasteiger partial charge < -0.3 is 15.0 Å². The van der Waals surface area contributed by atoms with Gasteiger partial charge in [0.1, 0.15) is 11.9 Å². The van der Waals surface area contributed by atoms with Crippen LogP contribution in [0.4, 0.5) is 20.6 Å². The number of anilines is 2. The first-order chi connectivity index (χ1) is 16.5. The summed E-state index contributed by atoms with van der Waals surface area (Å²) in [5, 5.41) is 2.63. The highest BCUT2D eigenvalue weighted by molar-refractivity contribution is 5.90. The number of ether oxygens (including phenoxy) is 1. The first kappa shape index (κ1) is 21.7.